The third-order valence-corrected chi connectivity index (χ3v) is 3.81. The third kappa shape index (κ3) is 5.66. The topological polar surface area (TPSA) is 38.5 Å². The fourth-order valence-corrected chi connectivity index (χ4v) is 2.84. The fraction of sp³-hybridized carbons (Fsp3) is 0.600. The molecule has 7 heteroatoms. The molecule has 1 aliphatic heterocycles. The standard InChI is InChI=1S/C15H21F3N2O.ClH/c1-11(19)14-4-2-3-9-20(14)10-12-5-7-13(8-6-12)21-15(16,17)18;/h5-8,11,14H,2-4,9-10,19H2,1H3;1H. The molecule has 0 aromatic heterocycles. The van der Waals surface area contributed by atoms with E-state index in [9.17, 15) is 13.2 Å². The lowest BCUT2D eigenvalue weighted by molar-refractivity contribution is -0.274. The molecule has 22 heavy (non-hydrogen) atoms. The Labute approximate surface area is 135 Å². The monoisotopic (exact) mass is 338 g/mol. The van der Waals surface area contributed by atoms with E-state index in [0.29, 0.717) is 12.6 Å². The van der Waals surface area contributed by atoms with Gasteiger partial charge in [-0.15, -0.1) is 25.6 Å². The van der Waals surface area contributed by atoms with E-state index in [-0.39, 0.29) is 24.2 Å². The summed E-state index contributed by atoms with van der Waals surface area (Å²) in [7, 11) is 0. The van der Waals surface area contributed by atoms with Gasteiger partial charge >= 0.3 is 6.36 Å². The number of rotatable bonds is 4. The Morgan fingerprint density at radius 3 is 2.45 bits per heavy atom. The van der Waals surface area contributed by atoms with Gasteiger partial charge in [-0.2, -0.15) is 0 Å². The first-order chi connectivity index (χ1) is 9.85. The van der Waals surface area contributed by atoms with Gasteiger partial charge in [0.25, 0.3) is 0 Å². The van der Waals surface area contributed by atoms with Crippen molar-refractivity contribution in [3.05, 3.63) is 29.8 Å². The van der Waals surface area contributed by atoms with E-state index in [1.165, 1.54) is 18.6 Å². The quantitative estimate of drug-likeness (QED) is 0.909. The second kappa shape index (κ2) is 8.04. The number of nitrogens with zero attached hydrogens (tertiary/aromatic N) is 1. The maximum Gasteiger partial charge on any atom is 0.573 e. The van der Waals surface area contributed by atoms with E-state index in [1.807, 2.05) is 6.92 Å². The van der Waals surface area contributed by atoms with Crippen molar-refractivity contribution in [2.24, 2.45) is 5.73 Å². The molecular formula is C15H22ClF3N2O. The number of nitrogens with two attached hydrogens (primary N) is 1. The van der Waals surface area contributed by atoms with E-state index in [0.717, 1.165) is 24.9 Å². The molecule has 1 aromatic rings. The third-order valence-electron chi connectivity index (χ3n) is 3.81. The summed E-state index contributed by atoms with van der Waals surface area (Å²) in [4.78, 5) is 2.31. The average molecular weight is 339 g/mol. The molecule has 2 atom stereocenters. The van der Waals surface area contributed by atoms with Crippen LogP contribution in [0.5, 0.6) is 5.75 Å². The van der Waals surface area contributed by atoms with Crippen LogP contribution in [-0.2, 0) is 6.54 Å². The first-order valence-electron chi connectivity index (χ1n) is 7.19. The highest BCUT2D eigenvalue weighted by Crippen LogP contribution is 2.25. The number of halogens is 4. The zero-order valence-electron chi connectivity index (χ0n) is 12.5. The Morgan fingerprint density at radius 2 is 1.91 bits per heavy atom. The van der Waals surface area contributed by atoms with Gasteiger partial charge in [0, 0.05) is 18.6 Å². The molecule has 0 spiro atoms. The molecule has 126 valence electrons. The maximum atomic E-state index is 12.1. The van der Waals surface area contributed by atoms with Crippen molar-refractivity contribution < 1.29 is 17.9 Å². The zero-order valence-corrected chi connectivity index (χ0v) is 13.3. The van der Waals surface area contributed by atoms with Gasteiger partial charge in [0.15, 0.2) is 0 Å². The molecular weight excluding hydrogens is 317 g/mol. The van der Waals surface area contributed by atoms with Gasteiger partial charge in [-0.25, -0.2) is 0 Å². The van der Waals surface area contributed by atoms with E-state index in [1.54, 1.807) is 12.1 Å². The summed E-state index contributed by atoms with van der Waals surface area (Å²) in [6.45, 7) is 3.69. The van der Waals surface area contributed by atoms with Gasteiger partial charge in [0.05, 0.1) is 0 Å². The summed E-state index contributed by atoms with van der Waals surface area (Å²) in [6, 6.07) is 6.49. The van der Waals surface area contributed by atoms with Crippen molar-refractivity contribution in [2.45, 2.75) is 51.2 Å². The molecule has 2 unspecified atom stereocenters. The Kier molecular flexibility index (Phi) is 6.97. The average Bonchev–Trinajstić information content (AvgIpc) is 2.40. The Morgan fingerprint density at radius 1 is 1.27 bits per heavy atom. The highest BCUT2D eigenvalue weighted by Gasteiger charge is 2.31. The molecule has 0 aliphatic carbocycles. The number of hydrogen-bond acceptors (Lipinski definition) is 3. The van der Waals surface area contributed by atoms with Gasteiger partial charge in [-0.1, -0.05) is 18.6 Å². The van der Waals surface area contributed by atoms with Crippen LogP contribution in [0.25, 0.3) is 0 Å². The van der Waals surface area contributed by atoms with Crippen LogP contribution in [0, 0.1) is 0 Å². The summed E-state index contributed by atoms with van der Waals surface area (Å²) < 4.78 is 40.2. The summed E-state index contributed by atoms with van der Waals surface area (Å²) in [5.41, 5.74) is 6.99. The molecule has 0 saturated carbocycles. The van der Waals surface area contributed by atoms with Crippen LogP contribution in [0.1, 0.15) is 31.7 Å². The van der Waals surface area contributed by atoms with Crippen LogP contribution in [0.15, 0.2) is 24.3 Å². The van der Waals surface area contributed by atoms with Crippen LogP contribution in [-0.4, -0.2) is 29.9 Å². The number of benzene rings is 1. The lowest BCUT2D eigenvalue weighted by Gasteiger charge is -2.38. The van der Waals surface area contributed by atoms with E-state index < -0.39 is 6.36 Å². The summed E-state index contributed by atoms with van der Waals surface area (Å²) in [5, 5.41) is 0. The van der Waals surface area contributed by atoms with Crippen molar-refractivity contribution in [1.29, 1.82) is 0 Å². The van der Waals surface area contributed by atoms with E-state index in [4.69, 9.17) is 5.73 Å². The van der Waals surface area contributed by atoms with Crippen molar-refractivity contribution in [1.82, 2.24) is 4.90 Å². The SMILES string of the molecule is CC(N)C1CCCCN1Cc1ccc(OC(F)(F)F)cc1.Cl. The van der Waals surface area contributed by atoms with Crippen LogP contribution in [0.4, 0.5) is 13.2 Å². The highest BCUT2D eigenvalue weighted by atomic mass is 35.5. The van der Waals surface area contributed by atoms with Crippen molar-refractivity contribution in [3.63, 3.8) is 0 Å². The van der Waals surface area contributed by atoms with Gasteiger partial charge in [0.2, 0.25) is 0 Å². The van der Waals surface area contributed by atoms with Crippen molar-refractivity contribution in [3.8, 4) is 5.75 Å². The van der Waals surface area contributed by atoms with Gasteiger partial charge in [0.1, 0.15) is 5.75 Å². The molecule has 1 aromatic carbocycles. The summed E-state index contributed by atoms with van der Waals surface area (Å²) in [5.74, 6) is -0.186. The molecule has 1 fully saturated rings. The molecule has 1 saturated heterocycles. The highest BCUT2D eigenvalue weighted by molar-refractivity contribution is 5.85. The molecule has 1 aliphatic rings. The minimum Gasteiger partial charge on any atom is -0.406 e. The second-order valence-electron chi connectivity index (χ2n) is 5.58. The van der Waals surface area contributed by atoms with Crippen LogP contribution < -0.4 is 10.5 Å². The van der Waals surface area contributed by atoms with Gasteiger partial charge < -0.3 is 10.5 Å². The smallest absolute Gasteiger partial charge is 0.406 e. The van der Waals surface area contributed by atoms with Gasteiger partial charge in [-0.3, -0.25) is 4.90 Å². The first-order valence-corrected chi connectivity index (χ1v) is 7.19. The molecule has 1 heterocycles. The Balaban J connectivity index is 0.00000242. The largest absolute Gasteiger partial charge is 0.573 e. The summed E-state index contributed by atoms with van der Waals surface area (Å²) in [6.07, 6.45) is -1.25. The molecule has 2 rings (SSSR count). The number of hydrogen-bond donors (Lipinski definition) is 1. The van der Waals surface area contributed by atoms with Crippen LogP contribution in [0.3, 0.4) is 0 Å². The number of likely N-dealkylation sites (tertiary alicyclic amines) is 1. The lowest BCUT2D eigenvalue weighted by Crippen LogP contribution is -2.48. The lowest BCUT2D eigenvalue weighted by atomic mass is 9.96. The zero-order chi connectivity index (χ0) is 15.5. The van der Waals surface area contributed by atoms with Crippen LogP contribution in [0.2, 0.25) is 0 Å². The van der Waals surface area contributed by atoms with E-state index >= 15 is 0 Å². The van der Waals surface area contributed by atoms with E-state index in [2.05, 4.69) is 9.64 Å². The molecule has 0 amide bonds. The minimum atomic E-state index is -4.64. The Bertz CT molecular complexity index is 451. The second-order valence-corrected chi connectivity index (χ2v) is 5.58. The normalized spacial score (nSPS) is 21.0. The predicted octanol–water partition coefficient (Wildman–Crippen LogP) is 3.71. The molecule has 0 bridgehead atoms. The molecule has 3 nitrogen and oxygen atoms in total. The number of piperidine rings is 1. The van der Waals surface area contributed by atoms with Gasteiger partial charge in [-0.05, 0) is 44.0 Å². The predicted molar refractivity (Wildman–Crippen MR) is 82.1 cm³/mol. The maximum absolute atomic E-state index is 12.1. The first kappa shape index (κ1) is 19.1. The molecule has 0 radical (unpaired) electrons. The van der Waals surface area contributed by atoms with Crippen molar-refractivity contribution >= 4 is 12.4 Å². The molecule has 2 N–H and O–H groups in total. The van der Waals surface area contributed by atoms with Crippen LogP contribution >= 0.6 is 12.4 Å². The number of alkyl halides is 3. The van der Waals surface area contributed by atoms with Crippen molar-refractivity contribution in [2.75, 3.05) is 6.54 Å². The fourth-order valence-electron chi connectivity index (χ4n) is 2.84. The Hall–Kier alpha value is -0.980. The number of ether oxygens (including phenoxy) is 1. The minimum absolute atomic E-state index is 0. The summed E-state index contributed by atoms with van der Waals surface area (Å²) >= 11 is 0.